The smallest absolute Gasteiger partial charge is 0.330 e. The zero-order valence-electron chi connectivity index (χ0n) is 12.8. The second-order valence-electron chi connectivity index (χ2n) is 4.91. The van der Waals surface area contributed by atoms with Crippen LogP contribution in [0.1, 0.15) is 19.8 Å². The van der Waals surface area contributed by atoms with Gasteiger partial charge in [-0.1, -0.05) is 13.3 Å². The summed E-state index contributed by atoms with van der Waals surface area (Å²) in [5.41, 5.74) is 3.50. The zero-order chi connectivity index (χ0) is 17.1. The van der Waals surface area contributed by atoms with E-state index in [1.807, 2.05) is 6.92 Å². The maximum absolute atomic E-state index is 12.6. The van der Waals surface area contributed by atoms with Crippen LogP contribution in [0.5, 0.6) is 0 Å². The summed E-state index contributed by atoms with van der Waals surface area (Å²) in [7, 11) is -1.69. The van der Waals surface area contributed by atoms with Crippen LogP contribution in [-0.2, 0) is 28.9 Å². The number of amides is 1. The number of nitrogens with two attached hydrogens (primary N) is 1. The third-order valence-corrected chi connectivity index (χ3v) is 4.95. The third-order valence-electron chi connectivity index (χ3n) is 3.13. The van der Waals surface area contributed by atoms with Crippen molar-refractivity contribution in [3.63, 3.8) is 0 Å². The van der Waals surface area contributed by atoms with Crippen molar-refractivity contribution in [2.75, 3.05) is 13.1 Å². The molecule has 0 aliphatic heterocycles. The van der Waals surface area contributed by atoms with Crippen LogP contribution in [0.25, 0.3) is 0 Å². The summed E-state index contributed by atoms with van der Waals surface area (Å²) in [5.74, 6) is -0.818. The molecule has 0 saturated heterocycles. The molecule has 10 heteroatoms. The predicted octanol–water partition coefficient (Wildman–Crippen LogP) is -1.64. The van der Waals surface area contributed by atoms with Gasteiger partial charge in [-0.2, -0.15) is 4.31 Å². The van der Waals surface area contributed by atoms with Crippen LogP contribution < -0.4 is 17.0 Å². The van der Waals surface area contributed by atoms with Crippen LogP contribution in [0, 0.1) is 0 Å². The monoisotopic (exact) mass is 332 g/mol. The molecule has 124 valence electrons. The minimum absolute atomic E-state index is 0.0633. The van der Waals surface area contributed by atoms with Crippen molar-refractivity contribution in [1.82, 2.24) is 13.4 Å². The van der Waals surface area contributed by atoms with Gasteiger partial charge in [0.25, 0.3) is 15.6 Å². The molecule has 2 N–H and O–H groups in total. The molecule has 1 heterocycles. The van der Waals surface area contributed by atoms with Crippen molar-refractivity contribution >= 4 is 15.9 Å². The van der Waals surface area contributed by atoms with Gasteiger partial charge >= 0.3 is 5.69 Å². The number of carbonyl (C=O) groups excluding carboxylic acids is 1. The van der Waals surface area contributed by atoms with Crippen LogP contribution in [0.2, 0.25) is 0 Å². The molecule has 0 aromatic carbocycles. The fourth-order valence-electron chi connectivity index (χ4n) is 1.88. The topological polar surface area (TPSA) is 124 Å². The normalized spacial score (nSPS) is 11.8. The second kappa shape index (κ2) is 6.88. The number of aromatic nitrogens is 2. The Hall–Kier alpha value is -1.94. The van der Waals surface area contributed by atoms with E-state index in [2.05, 4.69) is 0 Å². The van der Waals surface area contributed by atoms with Crippen molar-refractivity contribution in [2.24, 2.45) is 19.8 Å². The Morgan fingerprint density at radius 2 is 1.91 bits per heavy atom. The molecule has 1 rings (SSSR count). The lowest BCUT2D eigenvalue weighted by Gasteiger charge is -2.20. The van der Waals surface area contributed by atoms with Gasteiger partial charge in [-0.15, -0.1) is 0 Å². The molecule has 0 saturated carbocycles. The molecule has 0 atom stereocenters. The molecule has 0 aliphatic carbocycles. The number of nitrogens with zero attached hydrogens (tertiary/aromatic N) is 3. The van der Waals surface area contributed by atoms with E-state index in [4.69, 9.17) is 5.73 Å². The third kappa shape index (κ3) is 3.63. The minimum atomic E-state index is -4.22. The molecule has 0 bridgehead atoms. The first-order valence-corrected chi connectivity index (χ1v) is 8.12. The summed E-state index contributed by atoms with van der Waals surface area (Å²) >= 11 is 0. The van der Waals surface area contributed by atoms with E-state index >= 15 is 0 Å². The van der Waals surface area contributed by atoms with E-state index in [0.29, 0.717) is 17.4 Å². The first kappa shape index (κ1) is 18.1. The molecule has 0 spiro atoms. The molecular formula is C12H20N4O5S. The van der Waals surface area contributed by atoms with Crippen molar-refractivity contribution in [1.29, 1.82) is 0 Å². The zero-order valence-corrected chi connectivity index (χ0v) is 13.6. The second-order valence-corrected chi connectivity index (χ2v) is 6.82. The highest BCUT2D eigenvalue weighted by Gasteiger charge is 2.29. The standard InChI is InChI=1S/C12H20N4O5S/c1-4-5-6-16(8-10(13)17)22(20,21)9-7-14(2)12(19)15(3)11(9)18/h7H,4-6,8H2,1-3H3,(H2,13,17). The van der Waals surface area contributed by atoms with E-state index < -0.39 is 38.6 Å². The van der Waals surface area contributed by atoms with Gasteiger partial charge in [0.2, 0.25) is 5.91 Å². The number of rotatable bonds is 7. The molecule has 0 aliphatic rings. The van der Waals surface area contributed by atoms with Crippen LogP contribution >= 0.6 is 0 Å². The van der Waals surface area contributed by atoms with Crippen molar-refractivity contribution in [2.45, 2.75) is 24.7 Å². The highest BCUT2D eigenvalue weighted by atomic mass is 32.2. The summed E-state index contributed by atoms with van der Waals surface area (Å²) in [6, 6.07) is 0. The number of unbranched alkanes of at least 4 members (excludes halogenated alkanes) is 1. The first-order chi connectivity index (χ1) is 10.1. The van der Waals surface area contributed by atoms with Crippen LogP contribution in [0.3, 0.4) is 0 Å². The molecule has 22 heavy (non-hydrogen) atoms. The number of hydrogen-bond donors (Lipinski definition) is 1. The van der Waals surface area contributed by atoms with Gasteiger partial charge in [0.05, 0.1) is 6.54 Å². The Balaban J connectivity index is 3.46. The van der Waals surface area contributed by atoms with Gasteiger partial charge in [-0.25, -0.2) is 13.2 Å². The highest BCUT2D eigenvalue weighted by molar-refractivity contribution is 7.89. The Kier molecular flexibility index (Phi) is 5.66. The lowest BCUT2D eigenvalue weighted by molar-refractivity contribution is -0.118. The largest absolute Gasteiger partial charge is 0.369 e. The molecule has 0 unspecified atom stereocenters. The van der Waals surface area contributed by atoms with Gasteiger partial charge in [0.1, 0.15) is 0 Å². The Bertz CT molecular complexity index is 778. The lowest BCUT2D eigenvalue weighted by Crippen LogP contribution is -2.45. The lowest BCUT2D eigenvalue weighted by atomic mass is 10.3. The predicted molar refractivity (Wildman–Crippen MR) is 79.8 cm³/mol. The number of sulfonamides is 1. The Morgan fingerprint density at radius 1 is 1.32 bits per heavy atom. The number of aryl methyl sites for hydroxylation is 1. The van der Waals surface area contributed by atoms with Gasteiger partial charge < -0.3 is 10.3 Å². The van der Waals surface area contributed by atoms with Crippen molar-refractivity contribution in [3.05, 3.63) is 27.0 Å². The molecule has 1 aromatic heterocycles. The summed E-state index contributed by atoms with van der Waals surface area (Å²) < 4.78 is 27.8. The van der Waals surface area contributed by atoms with E-state index in [9.17, 15) is 22.8 Å². The average molecular weight is 332 g/mol. The summed E-state index contributed by atoms with van der Waals surface area (Å²) in [4.78, 5) is 34.3. The van der Waals surface area contributed by atoms with Crippen LogP contribution in [0.15, 0.2) is 20.7 Å². The van der Waals surface area contributed by atoms with E-state index in [0.717, 1.165) is 15.1 Å². The minimum Gasteiger partial charge on any atom is -0.369 e. The number of carbonyl (C=O) groups is 1. The summed E-state index contributed by atoms with van der Waals surface area (Å²) in [6.45, 7) is 1.41. The number of hydrogen-bond acceptors (Lipinski definition) is 5. The maximum Gasteiger partial charge on any atom is 0.330 e. The molecular weight excluding hydrogens is 312 g/mol. The van der Waals surface area contributed by atoms with E-state index in [-0.39, 0.29) is 6.54 Å². The van der Waals surface area contributed by atoms with Crippen molar-refractivity contribution in [3.8, 4) is 0 Å². The summed E-state index contributed by atoms with van der Waals surface area (Å²) in [5, 5.41) is 0. The van der Waals surface area contributed by atoms with Crippen LogP contribution in [-0.4, -0.2) is 40.9 Å². The SMILES string of the molecule is CCCCN(CC(N)=O)S(=O)(=O)c1cn(C)c(=O)n(C)c1=O. The summed E-state index contributed by atoms with van der Waals surface area (Å²) in [6.07, 6.45) is 2.18. The Morgan fingerprint density at radius 3 is 2.41 bits per heavy atom. The molecule has 0 fully saturated rings. The fourth-order valence-corrected chi connectivity index (χ4v) is 3.48. The quantitative estimate of drug-likeness (QED) is 0.641. The van der Waals surface area contributed by atoms with Gasteiger partial charge in [0, 0.05) is 26.8 Å². The van der Waals surface area contributed by atoms with Crippen LogP contribution in [0.4, 0.5) is 0 Å². The van der Waals surface area contributed by atoms with Gasteiger partial charge in [-0.3, -0.25) is 14.2 Å². The Labute approximate surface area is 128 Å². The first-order valence-electron chi connectivity index (χ1n) is 6.68. The van der Waals surface area contributed by atoms with E-state index in [1.54, 1.807) is 0 Å². The van der Waals surface area contributed by atoms with Gasteiger partial charge in [-0.05, 0) is 6.42 Å². The maximum atomic E-state index is 12.6. The molecule has 9 nitrogen and oxygen atoms in total. The van der Waals surface area contributed by atoms with Crippen molar-refractivity contribution < 1.29 is 13.2 Å². The fraction of sp³-hybridized carbons (Fsp3) is 0.583. The highest BCUT2D eigenvalue weighted by Crippen LogP contribution is 2.11. The molecule has 1 aromatic rings. The van der Waals surface area contributed by atoms with E-state index in [1.165, 1.54) is 14.1 Å². The number of primary amides is 1. The molecule has 1 amide bonds. The van der Waals surface area contributed by atoms with Gasteiger partial charge in [0.15, 0.2) is 4.90 Å². The molecule has 0 radical (unpaired) electrons. The average Bonchev–Trinajstić information content (AvgIpc) is 2.44.